The number of unbranched alkanes of at least 4 members (excludes halogenated alkanes) is 1. The fourth-order valence-electron chi connectivity index (χ4n) is 0.949. The Morgan fingerprint density at radius 1 is 1.20 bits per heavy atom. The lowest BCUT2D eigenvalue weighted by Crippen LogP contribution is -2.29. The third-order valence-electron chi connectivity index (χ3n) is 1.91. The van der Waals surface area contributed by atoms with E-state index in [-0.39, 0.29) is 17.7 Å². The number of amides is 2. The van der Waals surface area contributed by atoms with E-state index in [2.05, 4.69) is 17.2 Å². The van der Waals surface area contributed by atoms with Gasteiger partial charge in [-0.25, -0.2) is 0 Å². The first-order valence-corrected chi connectivity index (χ1v) is 5.26. The highest BCUT2D eigenvalue weighted by Crippen LogP contribution is 1.91. The Balaban J connectivity index is 3.29. The second-order valence-electron chi connectivity index (χ2n) is 3.65. The minimum atomic E-state index is -0.152. The van der Waals surface area contributed by atoms with Crippen LogP contribution in [0.3, 0.4) is 0 Å². The van der Waals surface area contributed by atoms with Crippen LogP contribution in [0.4, 0.5) is 0 Å². The van der Waals surface area contributed by atoms with Crippen molar-refractivity contribution >= 4 is 11.8 Å². The first-order chi connectivity index (χ1) is 7.07. The van der Waals surface area contributed by atoms with E-state index in [4.69, 9.17) is 0 Å². The molecule has 0 aliphatic carbocycles. The van der Waals surface area contributed by atoms with Gasteiger partial charge in [0.25, 0.3) is 0 Å². The molecule has 0 saturated carbocycles. The second kappa shape index (κ2) is 8.03. The molecule has 0 radical (unpaired) electrons. The molecule has 0 aromatic carbocycles. The average molecular weight is 212 g/mol. The van der Waals surface area contributed by atoms with Gasteiger partial charge in [-0.05, 0) is 18.9 Å². The maximum atomic E-state index is 11.1. The maximum Gasteiger partial charge on any atom is 0.243 e. The van der Waals surface area contributed by atoms with Gasteiger partial charge in [0, 0.05) is 19.0 Å². The lowest BCUT2D eigenvalue weighted by atomic mass is 10.2. The van der Waals surface area contributed by atoms with Crippen LogP contribution in [0.2, 0.25) is 0 Å². The summed E-state index contributed by atoms with van der Waals surface area (Å²) in [4.78, 5) is 21.9. The molecule has 0 aromatic heterocycles. The van der Waals surface area contributed by atoms with Crippen LogP contribution in [-0.2, 0) is 9.59 Å². The molecule has 0 fully saturated rings. The van der Waals surface area contributed by atoms with Crippen molar-refractivity contribution in [2.75, 3.05) is 13.1 Å². The lowest BCUT2D eigenvalue weighted by Gasteiger charge is -2.07. The van der Waals surface area contributed by atoms with Crippen LogP contribution in [0.15, 0.2) is 12.7 Å². The first-order valence-electron chi connectivity index (χ1n) is 5.26. The summed E-state index contributed by atoms with van der Waals surface area (Å²) < 4.78 is 0. The Labute approximate surface area is 91.1 Å². The van der Waals surface area contributed by atoms with Crippen LogP contribution < -0.4 is 10.6 Å². The van der Waals surface area contributed by atoms with Gasteiger partial charge in [0.15, 0.2) is 0 Å². The summed E-state index contributed by atoms with van der Waals surface area (Å²) in [7, 11) is 0. The molecule has 86 valence electrons. The van der Waals surface area contributed by atoms with E-state index in [0.29, 0.717) is 13.1 Å². The summed E-state index contributed by atoms with van der Waals surface area (Å²) in [6, 6.07) is 0. The Hall–Kier alpha value is -1.32. The molecular formula is C11H20N2O2. The number of rotatable bonds is 7. The normalized spacial score (nSPS) is 9.80. The molecule has 0 rings (SSSR count). The molecule has 0 aliphatic rings. The van der Waals surface area contributed by atoms with Crippen LogP contribution in [-0.4, -0.2) is 24.9 Å². The van der Waals surface area contributed by atoms with Gasteiger partial charge >= 0.3 is 0 Å². The maximum absolute atomic E-state index is 11.1. The molecule has 0 aliphatic heterocycles. The fourth-order valence-corrected chi connectivity index (χ4v) is 0.949. The molecule has 2 amide bonds. The van der Waals surface area contributed by atoms with E-state index in [1.807, 2.05) is 13.8 Å². The standard InChI is InChI=1S/C11H20N2O2/c1-4-10(14)12-7-5-6-8-13-11(15)9(2)3/h4,9H,1,5-8H2,2-3H3,(H,12,14)(H,13,15). The highest BCUT2D eigenvalue weighted by molar-refractivity contribution is 5.86. The number of carbonyl (C=O) groups excluding carboxylic acids is 2. The van der Waals surface area contributed by atoms with Crippen LogP contribution in [0.1, 0.15) is 26.7 Å². The molecule has 4 heteroatoms. The monoisotopic (exact) mass is 212 g/mol. The molecule has 2 N–H and O–H groups in total. The van der Waals surface area contributed by atoms with Crippen molar-refractivity contribution in [3.63, 3.8) is 0 Å². The van der Waals surface area contributed by atoms with E-state index >= 15 is 0 Å². The Kier molecular flexibility index (Phi) is 7.32. The Morgan fingerprint density at radius 3 is 2.20 bits per heavy atom. The highest BCUT2D eigenvalue weighted by Gasteiger charge is 2.04. The third kappa shape index (κ3) is 7.73. The topological polar surface area (TPSA) is 58.2 Å². The zero-order valence-corrected chi connectivity index (χ0v) is 9.51. The van der Waals surface area contributed by atoms with Crippen molar-refractivity contribution in [1.29, 1.82) is 0 Å². The van der Waals surface area contributed by atoms with E-state index in [9.17, 15) is 9.59 Å². The van der Waals surface area contributed by atoms with Gasteiger partial charge in [0.2, 0.25) is 11.8 Å². The van der Waals surface area contributed by atoms with E-state index < -0.39 is 0 Å². The highest BCUT2D eigenvalue weighted by atomic mass is 16.2. The quantitative estimate of drug-likeness (QED) is 0.485. The van der Waals surface area contributed by atoms with Crippen LogP contribution in [0, 0.1) is 5.92 Å². The predicted octanol–water partition coefficient (Wildman–Crippen LogP) is 0.841. The zero-order valence-electron chi connectivity index (χ0n) is 9.51. The van der Waals surface area contributed by atoms with Crippen molar-refractivity contribution in [2.24, 2.45) is 5.92 Å². The number of hydrogen-bond acceptors (Lipinski definition) is 2. The Morgan fingerprint density at radius 2 is 1.73 bits per heavy atom. The summed E-state index contributed by atoms with van der Waals surface area (Å²) in [6.07, 6.45) is 2.98. The van der Waals surface area contributed by atoms with Crippen molar-refractivity contribution < 1.29 is 9.59 Å². The SMILES string of the molecule is C=CC(=O)NCCCCNC(=O)C(C)C. The number of hydrogen-bond donors (Lipinski definition) is 2. The molecule has 4 nitrogen and oxygen atoms in total. The molecule has 0 saturated heterocycles. The molecule has 0 bridgehead atoms. The number of carbonyl (C=O) groups is 2. The first kappa shape index (κ1) is 13.7. The molecule has 0 atom stereocenters. The molecule has 0 spiro atoms. The second-order valence-corrected chi connectivity index (χ2v) is 3.65. The van der Waals surface area contributed by atoms with Gasteiger partial charge in [-0.15, -0.1) is 0 Å². The van der Waals surface area contributed by atoms with Crippen LogP contribution in [0.5, 0.6) is 0 Å². The van der Waals surface area contributed by atoms with E-state index in [1.165, 1.54) is 6.08 Å². The third-order valence-corrected chi connectivity index (χ3v) is 1.91. The summed E-state index contributed by atoms with van der Waals surface area (Å²) in [5.74, 6) is -0.0446. The minimum Gasteiger partial charge on any atom is -0.356 e. The smallest absolute Gasteiger partial charge is 0.243 e. The van der Waals surface area contributed by atoms with Crippen LogP contribution >= 0.6 is 0 Å². The minimum absolute atomic E-state index is 0.0328. The van der Waals surface area contributed by atoms with Crippen molar-refractivity contribution in [1.82, 2.24) is 10.6 Å². The predicted molar refractivity (Wildman–Crippen MR) is 60.3 cm³/mol. The van der Waals surface area contributed by atoms with E-state index in [0.717, 1.165) is 12.8 Å². The summed E-state index contributed by atoms with van der Waals surface area (Å²) in [5.41, 5.74) is 0. The van der Waals surface area contributed by atoms with Gasteiger partial charge in [0.05, 0.1) is 0 Å². The fraction of sp³-hybridized carbons (Fsp3) is 0.636. The summed E-state index contributed by atoms with van der Waals surface area (Å²) in [6.45, 7) is 8.37. The van der Waals surface area contributed by atoms with Gasteiger partial charge < -0.3 is 10.6 Å². The number of nitrogens with one attached hydrogen (secondary N) is 2. The van der Waals surface area contributed by atoms with Crippen molar-refractivity contribution in [3.8, 4) is 0 Å². The average Bonchev–Trinajstić information content (AvgIpc) is 2.22. The molecule has 0 unspecified atom stereocenters. The van der Waals surface area contributed by atoms with Crippen molar-refractivity contribution in [2.45, 2.75) is 26.7 Å². The summed E-state index contributed by atoms with van der Waals surface area (Å²) >= 11 is 0. The molecule has 0 aromatic rings. The summed E-state index contributed by atoms with van der Waals surface area (Å²) in [5, 5.41) is 5.49. The zero-order chi connectivity index (χ0) is 11.7. The largest absolute Gasteiger partial charge is 0.356 e. The molecule has 0 heterocycles. The molecule has 15 heavy (non-hydrogen) atoms. The van der Waals surface area contributed by atoms with Gasteiger partial charge in [-0.3, -0.25) is 9.59 Å². The van der Waals surface area contributed by atoms with Gasteiger partial charge in [-0.2, -0.15) is 0 Å². The van der Waals surface area contributed by atoms with Gasteiger partial charge in [-0.1, -0.05) is 20.4 Å². The van der Waals surface area contributed by atoms with Crippen molar-refractivity contribution in [3.05, 3.63) is 12.7 Å². The molecular weight excluding hydrogens is 192 g/mol. The van der Waals surface area contributed by atoms with Gasteiger partial charge in [0.1, 0.15) is 0 Å². The van der Waals surface area contributed by atoms with Crippen LogP contribution in [0.25, 0.3) is 0 Å². The lowest BCUT2D eigenvalue weighted by molar-refractivity contribution is -0.124. The van der Waals surface area contributed by atoms with E-state index in [1.54, 1.807) is 0 Å². The Bertz CT molecular complexity index is 225.